The fraction of sp³-hybridized carbons (Fsp3) is 0.455. The third-order valence-corrected chi connectivity index (χ3v) is 3.98. The zero-order valence-electron chi connectivity index (χ0n) is 9.13. The van der Waals surface area contributed by atoms with Crippen LogP contribution in [-0.4, -0.2) is 28.2 Å². The van der Waals surface area contributed by atoms with E-state index in [2.05, 4.69) is 0 Å². The van der Waals surface area contributed by atoms with E-state index in [0.29, 0.717) is 18.3 Å². The maximum atomic E-state index is 11.0. The molecule has 1 fully saturated rings. The topological polar surface area (TPSA) is 52.6 Å². The van der Waals surface area contributed by atoms with E-state index in [1.54, 1.807) is 12.1 Å². The number of hydrogen-bond acceptors (Lipinski definition) is 4. The van der Waals surface area contributed by atoms with Crippen LogP contribution in [0.3, 0.4) is 0 Å². The molecule has 17 heavy (non-hydrogen) atoms. The summed E-state index contributed by atoms with van der Waals surface area (Å²) in [6.07, 6.45) is 1.01. The van der Waals surface area contributed by atoms with Crippen molar-refractivity contribution in [3.8, 4) is 5.75 Å². The molecule has 2 rings (SSSR count). The minimum absolute atomic E-state index is 0.0794. The number of benzene rings is 1. The van der Waals surface area contributed by atoms with E-state index in [0.717, 1.165) is 19.6 Å². The molecule has 0 saturated carbocycles. The van der Waals surface area contributed by atoms with Crippen molar-refractivity contribution in [1.82, 2.24) is 0 Å². The van der Waals surface area contributed by atoms with Crippen molar-refractivity contribution < 1.29 is 17.9 Å². The molecule has 1 aromatic carbocycles. The van der Waals surface area contributed by atoms with Gasteiger partial charge in [0.1, 0.15) is 5.75 Å². The molecule has 0 amide bonds. The van der Waals surface area contributed by atoms with Crippen LogP contribution in [0.25, 0.3) is 0 Å². The Bertz CT molecular complexity index is 463. The Balaban J connectivity index is 1.94. The molecule has 1 heterocycles. The summed E-state index contributed by atoms with van der Waals surface area (Å²) in [6.45, 7) is 2.11. The van der Waals surface area contributed by atoms with Crippen molar-refractivity contribution in [2.45, 2.75) is 11.3 Å². The normalized spacial score (nSPS) is 20.4. The van der Waals surface area contributed by atoms with Gasteiger partial charge in [-0.3, -0.25) is 0 Å². The van der Waals surface area contributed by atoms with Gasteiger partial charge in [0.05, 0.1) is 18.1 Å². The van der Waals surface area contributed by atoms with Crippen LogP contribution < -0.4 is 4.74 Å². The van der Waals surface area contributed by atoms with E-state index in [9.17, 15) is 8.42 Å². The molecule has 1 unspecified atom stereocenters. The Morgan fingerprint density at radius 3 is 2.59 bits per heavy atom. The first-order valence-electron chi connectivity index (χ1n) is 5.31. The molecular weight excluding hydrogens is 264 g/mol. The van der Waals surface area contributed by atoms with Crippen LogP contribution in [0, 0.1) is 5.92 Å². The van der Waals surface area contributed by atoms with Gasteiger partial charge < -0.3 is 9.47 Å². The largest absolute Gasteiger partial charge is 0.493 e. The number of rotatable bonds is 4. The van der Waals surface area contributed by atoms with Gasteiger partial charge in [0, 0.05) is 23.2 Å². The molecule has 1 aliphatic rings. The van der Waals surface area contributed by atoms with Gasteiger partial charge in [-0.1, -0.05) is 0 Å². The summed E-state index contributed by atoms with van der Waals surface area (Å²) in [6, 6.07) is 6.07. The van der Waals surface area contributed by atoms with Gasteiger partial charge in [0.2, 0.25) is 0 Å². The van der Waals surface area contributed by atoms with Gasteiger partial charge in [-0.15, -0.1) is 0 Å². The minimum Gasteiger partial charge on any atom is -0.493 e. The Hall–Kier alpha value is -0.780. The lowest BCUT2D eigenvalue weighted by atomic mass is 10.1. The van der Waals surface area contributed by atoms with Crippen LogP contribution in [0.5, 0.6) is 5.75 Å². The molecule has 1 saturated heterocycles. The van der Waals surface area contributed by atoms with Crippen LogP contribution in [0.15, 0.2) is 29.2 Å². The summed E-state index contributed by atoms with van der Waals surface area (Å²) in [5, 5.41) is 0. The zero-order chi connectivity index (χ0) is 12.3. The Kier molecular flexibility index (Phi) is 3.91. The second-order valence-corrected chi connectivity index (χ2v) is 6.52. The Morgan fingerprint density at radius 2 is 2.06 bits per heavy atom. The summed E-state index contributed by atoms with van der Waals surface area (Å²) in [5.74, 6) is 1.06. The van der Waals surface area contributed by atoms with Gasteiger partial charge in [-0.25, -0.2) is 8.42 Å². The smallest absolute Gasteiger partial charge is 0.261 e. The quantitative estimate of drug-likeness (QED) is 0.790. The molecule has 94 valence electrons. The molecule has 0 bridgehead atoms. The molecule has 6 heteroatoms. The SMILES string of the molecule is O=S(=O)(Cl)c1ccc(OCC2CCOC2)cc1. The average molecular weight is 277 g/mol. The maximum absolute atomic E-state index is 11.0. The molecule has 1 aliphatic heterocycles. The van der Waals surface area contributed by atoms with Crippen molar-refractivity contribution in [3.05, 3.63) is 24.3 Å². The maximum Gasteiger partial charge on any atom is 0.261 e. The van der Waals surface area contributed by atoms with E-state index in [-0.39, 0.29) is 4.90 Å². The molecule has 0 N–H and O–H groups in total. The average Bonchev–Trinajstić information content (AvgIpc) is 2.78. The van der Waals surface area contributed by atoms with Crippen molar-refractivity contribution in [3.63, 3.8) is 0 Å². The van der Waals surface area contributed by atoms with Crippen LogP contribution in [0.1, 0.15) is 6.42 Å². The summed E-state index contributed by atoms with van der Waals surface area (Å²) in [4.78, 5) is 0.0794. The van der Waals surface area contributed by atoms with Crippen molar-refractivity contribution in [1.29, 1.82) is 0 Å². The van der Waals surface area contributed by atoms with E-state index >= 15 is 0 Å². The highest BCUT2D eigenvalue weighted by molar-refractivity contribution is 8.13. The molecule has 0 aliphatic carbocycles. The second kappa shape index (κ2) is 5.25. The highest BCUT2D eigenvalue weighted by Gasteiger charge is 2.16. The van der Waals surface area contributed by atoms with E-state index in [1.807, 2.05) is 0 Å². The van der Waals surface area contributed by atoms with Crippen LogP contribution in [0.2, 0.25) is 0 Å². The molecule has 1 atom stereocenters. The fourth-order valence-corrected chi connectivity index (χ4v) is 2.40. The van der Waals surface area contributed by atoms with Crippen LogP contribution >= 0.6 is 10.7 Å². The lowest BCUT2D eigenvalue weighted by molar-refractivity contribution is 0.167. The van der Waals surface area contributed by atoms with Crippen molar-refractivity contribution >= 4 is 19.7 Å². The molecule has 1 aromatic rings. The summed E-state index contributed by atoms with van der Waals surface area (Å²) < 4.78 is 32.8. The molecule has 4 nitrogen and oxygen atoms in total. The fourth-order valence-electron chi connectivity index (χ4n) is 1.63. The van der Waals surface area contributed by atoms with E-state index in [1.165, 1.54) is 12.1 Å². The van der Waals surface area contributed by atoms with Crippen LogP contribution in [-0.2, 0) is 13.8 Å². The molecule has 0 spiro atoms. The van der Waals surface area contributed by atoms with Gasteiger partial charge >= 0.3 is 0 Å². The van der Waals surface area contributed by atoms with Crippen LogP contribution in [0.4, 0.5) is 0 Å². The first-order valence-corrected chi connectivity index (χ1v) is 7.62. The number of halogens is 1. The minimum atomic E-state index is -3.65. The predicted octanol–water partition coefficient (Wildman–Crippen LogP) is 2.03. The highest BCUT2D eigenvalue weighted by atomic mass is 35.7. The first-order chi connectivity index (χ1) is 8.05. The van der Waals surface area contributed by atoms with Gasteiger partial charge in [0.25, 0.3) is 9.05 Å². The molecule has 0 radical (unpaired) electrons. The number of ether oxygens (including phenoxy) is 2. The Morgan fingerprint density at radius 1 is 1.35 bits per heavy atom. The Labute approximate surface area is 105 Å². The van der Waals surface area contributed by atoms with Gasteiger partial charge in [0.15, 0.2) is 0 Å². The third kappa shape index (κ3) is 3.59. The highest BCUT2D eigenvalue weighted by Crippen LogP contribution is 2.20. The van der Waals surface area contributed by atoms with Crippen molar-refractivity contribution in [2.24, 2.45) is 5.92 Å². The summed E-state index contributed by atoms with van der Waals surface area (Å²) in [7, 11) is 1.55. The second-order valence-electron chi connectivity index (χ2n) is 3.95. The van der Waals surface area contributed by atoms with E-state index in [4.69, 9.17) is 20.2 Å². The zero-order valence-corrected chi connectivity index (χ0v) is 10.7. The first kappa shape index (κ1) is 12.7. The number of hydrogen-bond donors (Lipinski definition) is 0. The predicted molar refractivity (Wildman–Crippen MR) is 63.9 cm³/mol. The van der Waals surface area contributed by atoms with E-state index < -0.39 is 9.05 Å². The van der Waals surface area contributed by atoms with Gasteiger partial charge in [-0.2, -0.15) is 0 Å². The summed E-state index contributed by atoms with van der Waals surface area (Å²) >= 11 is 0. The lowest BCUT2D eigenvalue weighted by Gasteiger charge is -2.10. The lowest BCUT2D eigenvalue weighted by Crippen LogP contribution is -2.11. The van der Waals surface area contributed by atoms with Crippen molar-refractivity contribution in [2.75, 3.05) is 19.8 Å². The molecular formula is C11H13ClO4S. The monoisotopic (exact) mass is 276 g/mol. The van der Waals surface area contributed by atoms with Gasteiger partial charge in [-0.05, 0) is 30.7 Å². The third-order valence-electron chi connectivity index (χ3n) is 2.61. The summed E-state index contributed by atoms with van der Waals surface area (Å²) in [5.41, 5.74) is 0. The molecule has 0 aromatic heterocycles. The standard InChI is InChI=1S/C11H13ClO4S/c12-17(13,14)11-3-1-10(2-4-11)16-8-9-5-6-15-7-9/h1-4,9H,5-8H2.